The van der Waals surface area contributed by atoms with Crippen molar-refractivity contribution in [2.45, 2.75) is 24.8 Å². The number of hydrogen-bond acceptors (Lipinski definition) is 6. The molecular weight excluding hydrogens is 416 g/mol. The van der Waals surface area contributed by atoms with Gasteiger partial charge in [-0.25, -0.2) is 4.68 Å². The van der Waals surface area contributed by atoms with E-state index in [0.29, 0.717) is 40.9 Å². The van der Waals surface area contributed by atoms with Crippen LogP contribution in [-0.2, 0) is 4.79 Å². The number of nitrogens with zero attached hydrogens (tertiary/aromatic N) is 3. The molecule has 0 saturated heterocycles. The summed E-state index contributed by atoms with van der Waals surface area (Å²) in [6.07, 6.45) is 2.55. The van der Waals surface area contributed by atoms with Crippen molar-refractivity contribution in [3.8, 4) is 11.5 Å². The maximum Gasteiger partial charge on any atom is 0.226 e. The highest BCUT2D eigenvalue weighted by atomic mass is 35.5. The highest BCUT2D eigenvalue weighted by Gasteiger charge is 2.40. The number of Topliss-reactive ketones (excluding diaryl/α,β-unsaturated/α-hetero) is 1. The highest BCUT2D eigenvalue weighted by molar-refractivity contribution is 6.31. The summed E-state index contributed by atoms with van der Waals surface area (Å²) in [6, 6.07) is 13.0. The lowest BCUT2D eigenvalue weighted by Crippen LogP contribution is -2.33. The molecule has 0 radical (unpaired) electrons. The summed E-state index contributed by atoms with van der Waals surface area (Å²) < 4.78 is 12.5. The minimum atomic E-state index is -0.402. The fourth-order valence-electron chi connectivity index (χ4n) is 4.48. The number of ether oxygens (including phenoxy) is 2. The molecule has 2 aliphatic rings. The maximum absolute atomic E-state index is 13.5. The van der Waals surface area contributed by atoms with Crippen LogP contribution in [0.2, 0.25) is 5.02 Å². The number of anilines is 1. The van der Waals surface area contributed by atoms with E-state index in [0.717, 1.165) is 16.8 Å². The second-order valence-electron chi connectivity index (χ2n) is 7.61. The summed E-state index contributed by atoms with van der Waals surface area (Å²) in [7, 11) is 3.22. The van der Waals surface area contributed by atoms with Crippen molar-refractivity contribution in [3.05, 3.63) is 76.2 Å². The molecule has 0 unspecified atom stereocenters. The Morgan fingerprint density at radius 2 is 1.90 bits per heavy atom. The molecule has 8 heteroatoms. The number of fused-ring (bicyclic) bond motifs is 1. The number of halogens is 1. The number of ketones is 1. The van der Waals surface area contributed by atoms with E-state index in [1.165, 1.54) is 6.33 Å². The summed E-state index contributed by atoms with van der Waals surface area (Å²) in [6.45, 7) is 0. The molecule has 2 aromatic carbocycles. The van der Waals surface area contributed by atoms with Gasteiger partial charge in [-0.3, -0.25) is 4.79 Å². The Kier molecular flexibility index (Phi) is 4.90. The Hall–Kier alpha value is -3.32. The van der Waals surface area contributed by atoms with Gasteiger partial charge in [0.1, 0.15) is 12.4 Å². The Morgan fingerprint density at radius 1 is 1.10 bits per heavy atom. The van der Waals surface area contributed by atoms with Gasteiger partial charge in [0.05, 0.1) is 14.2 Å². The van der Waals surface area contributed by atoms with Gasteiger partial charge in [0.25, 0.3) is 0 Å². The minimum absolute atomic E-state index is 0.0138. The van der Waals surface area contributed by atoms with E-state index < -0.39 is 6.04 Å². The molecule has 1 N–H and O–H groups in total. The molecule has 2 atom stereocenters. The molecular formula is C23H21ClN4O3. The zero-order chi connectivity index (χ0) is 21.5. The first kappa shape index (κ1) is 19.6. The van der Waals surface area contributed by atoms with Crippen LogP contribution < -0.4 is 14.8 Å². The van der Waals surface area contributed by atoms with Crippen LogP contribution in [0.15, 0.2) is 60.1 Å². The number of benzene rings is 2. The predicted octanol–water partition coefficient (Wildman–Crippen LogP) is 4.36. The second kappa shape index (κ2) is 7.74. The third-order valence-electron chi connectivity index (χ3n) is 5.94. The molecule has 1 aromatic heterocycles. The average Bonchev–Trinajstić information content (AvgIpc) is 3.26. The number of carbonyl (C=O) groups excluding carboxylic acids is 1. The Balaban J connectivity index is 1.57. The topological polar surface area (TPSA) is 78.3 Å². The van der Waals surface area contributed by atoms with Crippen LogP contribution in [0.5, 0.6) is 11.5 Å². The fraction of sp³-hybridized carbons (Fsp3) is 0.261. The van der Waals surface area contributed by atoms with E-state index in [2.05, 4.69) is 15.4 Å². The van der Waals surface area contributed by atoms with Crippen molar-refractivity contribution in [1.82, 2.24) is 14.8 Å². The van der Waals surface area contributed by atoms with E-state index in [-0.39, 0.29) is 11.7 Å². The van der Waals surface area contributed by atoms with E-state index >= 15 is 0 Å². The molecule has 1 aliphatic heterocycles. The molecule has 0 fully saturated rings. The van der Waals surface area contributed by atoms with Gasteiger partial charge < -0.3 is 14.8 Å². The molecule has 2 heterocycles. The Morgan fingerprint density at radius 3 is 2.68 bits per heavy atom. The number of methoxy groups -OCH3 is 2. The third-order valence-corrected chi connectivity index (χ3v) is 6.28. The van der Waals surface area contributed by atoms with Crippen molar-refractivity contribution in [1.29, 1.82) is 0 Å². The minimum Gasteiger partial charge on any atom is -0.493 e. The molecule has 1 aliphatic carbocycles. The summed E-state index contributed by atoms with van der Waals surface area (Å²) in [5.41, 5.74) is 3.42. The summed E-state index contributed by atoms with van der Waals surface area (Å²) in [4.78, 5) is 17.8. The summed E-state index contributed by atoms with van der Waals surface area (Å²) in [5, 5.41) is 8.29. The Labute approximate surface area is 184 Å². The van der Waals surface area contributed by atoms with Crippen LogP contribution >= 0.6 is 11.6 Å². The van der Waals surface area contributed by atoms with E-state index in [4.69, 9.17) is 21.1 Å². The van der Waals surface area contributed by atoms with Crippen LogP contribution in [0.25, 0.3) is 0 Å². The summed E-state index contributed by atoms with van der Waals surface area (Å²) >= 11 is 6.51. The van der Waals surface area contributed by atoms with Gasteiger partial charge in [0, 0.05) is 28.3 Å². The third kappa shape index (κ3) is 3.25. The predicted molar refractivity (Wildman–Crippen MR) is 117 cm³/mol. The van der Waals surface area contributed by atoms with Crippen LogP contribution in [0.1, 0.15) is 35.9 Å². The van der Waals surface area contributed by atoms with Crippen LogP contribution in [-0.4, -0.2) is 34.8 Å². The number of nitrogens with one attached hydrogen (secondary N) is 1. The SMILES string of the molecule is COc1ccc([C@H]2CC(=O)C3=C(C2)Nc2ncnn2[C@H]3c2ccccc2Cl)cc1OC. The van der Waals surface area contributed by atoms with Crippen molar-refractivity contribution >= 4 is 23.3 Å². The van der Waals surface area contributed by atoms with Gasteiger partial charge in [0.15, 0.2) is 17.3 Å². The van der Waals surface area contributed by atoms with E-state index in [9.17, 15) is 4.79 Å². The van der Waals surface area contributed by atoms with Crippen molar-refractivity contribution in [2.24, 2.45) is 0 Å². The maximum atomic E-state index is 13.5. The highest BCUT2D eigenvalue weighted by Crippen LogP contribution is 2.45. The van der Waals surface area contributed by atoms with Gasteiger partial charge in [0.2, 0.25) is 5.95 Å². The van der Waals surface area contributed by atoms with Gasteiger partial charge in [-0.2, -0.15) is 10.1 Å². The fourth-order valence-corrected chi connectivity index (χ4v) is 4.72. The number of carbonyl (C=O) groups is 1. The molecule has 7 nitrogen and oxygen atoms in total. The molecule has 0 saturated carbocycles. The van der Waals surface area contributed by atoms with Crippen LogP contribution in [0.3, 0.4) is 0 Å². The van der Waals surface area contributed by atoms with Crippen molar-refractivity contribution < 1.29 is 14.3 Å². The van der Waals surface area contributed by atoms with E-state index in [1.54, 1.807) is 18.9 Å². The zero-order valence-electron chi connectivity index (χ0n) is 17.1. The molecule has 5 rings (SSSR count). The van der Waals surface area contributed by atoms with Crippen molar-refractivity contribution in [3.63, 3.8) is 0 Å². The lowest BCUT2D eigenvalue weighted by atomic mass is 9.78. The lowest BCUT2D eigenvalue weighted by Gasteiger charge is -2.35. The number of hydrogen-bond donors (Lipinski definition) is 1. The smallest absolute Gasteiger partial charge is 0.226 e. The van der Waals surface area contributed by atoms with Crippen molar-refractivity contribution in [2.75, 3.05) is 19.5 Å². The number of rotatable bonds is 4. The molecule has 0 amide bonds. The normalized spacial score (nSPS) is 20.0. The molecule has 31 heavy (non-hydrogen) atoms. The number of allylic oxidation sites excluding steroid dienone is 2. The molecule has 0 bridgehead atoms. The Bertz CT molecular complexity index is 1200. The van der Waals surface area contributed by atoms with E-state index in [1.807, 2.05) is 42.5 Å². The second-order valence-corrected chi connectivity index (χ2v) is 8.02. The number of aromatic nitrogens is 3. The molecule has 3 aromatic rings. The van der Waals surface area contributed by atoms with Gasteiger partial charge in [-0.1, -0.05) is 35.9 Å². The lowest BCUT2D eigenvalue weighted by molar-refractivity contribution is -0.116. The van der Waals surface area contributed by atoms with Gasteiger partial charge in [-0.05, 0) is 36.1 Å². The summed E-state index contributed by atoms with van der Waals surface area (Å²) in [5.74, 6) is 2.00. The first-order valence-electron chi connectivity index (χ1n) is 9.99. The first-order chi connectivity index (χ1) is 15.1. The quantitative estimate of drug-likeness (QED) is 0.654. The van der Waals surface area contributed by atoms with Crippen LogP contribution in [0, 0.1) is 0 Å². The van der Waals surface area contributed by atoms with Crippen LogP contribution in [0.4, 0.5) is 5.95 Å². The largest absolute Gasteiger partial charge is 0.493 e. The average molecular weight is 437 g/mol. The molecule has 0 spiro atoms. The first-order valence-corrected chi connectivity index (χ1v) is 10.4. The standard InChI is InChI=1S/C23H21ClN4O3/c1-30-19-8-7-13(11-20(19)31-2)14-9-17-21(18(29)10-14)22(15-5-3-4-6-16(15)24)28-23(27-17)25-12-26-28/h3-8,11-12,14,22H,9-10H2,1-2H3,(H,25,26,27)/t14-,22+/m1/s1. The van der Waals surface area contributed by atoms with Gasteiger partial charge >= 0.3 is 0 Å². The zero-order valence-corrected chi connectivity index (χ0v) is 17.9. The van der Waals surface area contributed by atoms with Gasteiger partial charge in [-0.15, -0.1) is 0 Å². The monoisotopic (exact) mass is 436 g/mol. The molecule has 158 valence electrons.